The first-order valence-electron chi connectivity index (χ1n) is 6.12. The van der Waals surface area contributed by atoms with E-state index in [4.69, 9.17) is 4.74 Å². The molecule has 0 aliphatic rings. The van der Waals surface area contributed by atoms with Gasteiger partial charge in [-0.1, -0.05) is 35.3 Å². The Morgan fingerprint density at radius 3 is 2.78 bits per heavy atom. The molecule has 0 aliphatic carbocycles. The summed E-state index contributed by atoms with van der Waals surface area (Å²) in [5.41, 5.74) is 1.79. The lowest BCUT2D eigenvalue weighted by Gasteiger charge is -2.15. The van der Waals surface area contributed by atoms with Crippen molar-refractivity contribution >= 4 is 21.9 Å². The molecule has 0 radical (unpaired) electrons. The van der Waals surface area contributed by atoms with Crippen molar-refractivity contribution in [2.45, 2.75) is 32.6 Å². The zero-order chi connectivity index (χ0) is 13.5. The molecule has 3 nitrogen and oxygen atoms in total. The van der Waals surface area contributed by atoms with Crippen LogP contribution in [-0.2, 0) is 9.53 Å². The van der Waals surface area contributed by atoms with E-state index in [2.05, 4.69) is 22.9 Å². The maximum atomic E-state index is 11.3. The molecule has 0 fully saturated rings. The third-order valence-electron chi connectivity index (χ3n) is 2.83. The molecule has 4 heteroatoms. The highest BCUT2D eigenvalue weighted by molar-refractivity contribution is 9.10. The summed E-state index contributed by atoms with van der Waals surface area (Å²) in [4.78, 5) is 11.3. The molecule has 1 rings (SSSR count). The van der Waals surface area contributed by atoms with Gasteiger partial charge < -0.3 is 9.84 Å². The number of halogens is 1. The van der Waals surface area contributed by atoms with Crippen LogP contribution in [0.3, 0.4) is 0 Å². The van der Waals surface area contributed by atoms with Gasteiger partial charge in [0.2, 0.25) is 0 Å². The molecule has 18 heavy (non-hydrogen) atoms. The van der Waals surface area contributed by atoms with Crippen LogP contribution in [0.15, 0.2) is 22.7 Å². The topological polar surface area (TPSA) is 46.5 Å². The highest BCUT2D eigenvalue weighted by Crippen LogP contribution is 2.24. The van der Waals surface area contributed by atoms with Crippen molar-refractivity contribution < 1.29 is 14.6 Å². The summed E-state index contributed by atoms with van der Waals surface area (Å²) >= 11 is 3.38. The Bertz CT molecular complexity index is 404. The highest BCUT2D eigenvalue weighted by Gasteiger charge is 2.21. The molecule has 0 amide bonds. The number of hydrogen-bond donors (Lipinski definition) is 1. The minimum atomic E-state index is -0.836. The first-order valence-corrected chi connectivity index (χ1v) is 6.92. The number of aryl methyl sites for hydroxylation is 1. The number of benzene rings is 1. The monoisotopic (exact) mass is 314 g/mol. The summed E-state index contributed by atoms with van der Waals surface area (Å²) in [6, 6.07) is 5.64. The van der Waals surface area contributed by atoms with Crippen molar-refractivity contribution in [2.24, 2.45) is 0 Å². The second-order valence-electron chi connectivity index (χ2n) is 4.32. The standard InChI is InChI=1S/C14H19BrO3/c1-3-4-7-18-9-13(14(16)17)12-6-5-11(15)8-10(12)2/h5-6,8,13H,3-4,7,9H2,1-2H3,(H,16,17)/t13-/m1/s1. The van der Waals surface area contributed by atoms with E-state index in [0.717, 1.165) is 28.4 Å². The van der Waals surface area contributed by atoms with E-state index < -0.39 is 11.9 Å². The Balaban J connectivity index is 2.75. The zero-order valence-electron chi connectivity index (χ0n) is 10.8. The van der Waals surface area contributed by atoms with Crippen molar-refractivity contribution in [3.05, 3.63) is 33.8 Å². The predicted molar refractivity (Wildman–Crippen MR) is 75.0 cm³/mol. The minimum Gasteiger partial charge on any atom is -0.481 e. The molecule has 0 aromatic heterocycles. The van der Waals surface area contributed by atoms with Crippen molar-refractivity contribution in [3.8, 4) is 0 Å². The molecule has 0 spiro atoms. The third kappa shape index (κ3) is 4.42. The number of aliphatic carboxylic acids is 1. The van der Waals surface area contributed by atoms with E-state index in [0.29, 0.717) is 6.61 Å². The Hall–Kier alpha value is -0.870. The summed E-state index contributed by atoms with van der Waals surface area (Å²) in [6.45, 7) is 4.85. The Morgan fingerprint density at radius 1 is 1.50 bits per heavy atom. The summed E-state index contributed by atoms with van der Waals surface area (Å²) in [6.07, 6.45) is 2.01. The molecule has 1 aromatic carbocycles. The van der Waals surface area contributed by atoms with Gasteiger partial charge in [0.05, 0.1) is 6.61 Å². The molecule has 1 aromatic rings. The fourth-order valence-electron chi connectivity index (χ4n) is 1.77. The SMILES string of the molecule is CCCCOC[C@@H](C(=O)O)c1ccc(Br)cc1C. The largest absolute Gasteiger partial charge is 0.481 e. The van der Waals surface area contributed by atoms with Crippen LogP contribution in [0.4, 0.5) is 0 Å². The molecule has 0 unspecified atom stereocenters. The zero-order valence-corrected chi connectivity index (χ0v) is 12.4. The number of carboxylic acids is 1. The van der Waals surface area contributed by atoms with Gasteiger partial charge in [-0.3, -0.25) is 4.79 Å². The van der Waals surface area contributed by atoms with Crippen LogP contribution in [0.2, 0.25) is 0 Å². The molecular weight excluding hydrogens is 296 g/mol. The average Bonchev–Trinajstić information content (AvgIpc) is 2.30. The van der Waals surface area contributed by atoms with Gasteiger partial charge in [-0.05, 0) is 36.6 Å². The van der Waals surface area contributed by atoms with E-state index >= 15 is 0 Å². The van der Waals surface area contributed by atoms with Crippen molar-refractivity contribution in [3.63, 3.8) is 0 Å². The predicted octanol–water partition coefficient (Wildman–Crippen LogP) is 3.74. The Kier molecular flexibility index (Phi) is 6.36. The van der Waals surface area contributed by atoms with Crippen LogP contribution in [-0.4, -0.2) is 24.3 Å². The molecule has 100 valence electrons. The van der Waals surface area contributed by atoms with Gasteiger partial charge in [-0.15, -0.1) is 0 Å². The first-order chi connectivity index (χ1) is 8.56. The number of unbranched alkanes of at least 4 members (excludes halogenated alkanes) is 1. The van der Waals surface area contributed by atoms with Crippen molar-refractivity contribution in [2.75, 3.05) is 13.2 Å². The van der Waals surface area contributed by atoms with Gasteiger partial charge in [0.15, 0.2) is 0 Å². The van der Waals surface area contributed by atoms with E-state index in [-0.39, 0.29) is 6.61 Å². The number of carboxylic acid groups (broad SMARTS) is 1. The smallest absolute Gasteiger partial charge is 0.313 e. The first kappa shape index (κ1) is 15.2. The number of carbonyl (C=O) groups is 1. The second-order valence-corrected chi connectivity index (χ2v) is 5.24. The van der Waals surface area contributed by atoms with E-state index in [1.54, 1.807) is 0 Å². The third-order valence-corrected chi connectivity index (χ3v) is 3.33. The van der Waals surface area contributed by atoms with Gasteiger partial charge in [-0.25, -0.2) is 0 Å². The van der Waals surface area contributed by atoms with Gasteiger partial charge >= 0.3 is 5.97 Å². The van der Waals surface area contributed by atoms with Crippen LogP contribution < -0.4 is 0 Å². The molecule has 0 bridgehead atoms. The molecule has 0 heterocycles. The normalized spacial score (nSPS) is 12.4. The van der Waals surface area contributed by atoms with Gasteiger partial charge in [-0.2, -0.15) is 0 Å². The van der Waals surface area contributed by atoms with E-state index in [1.165, 1.54) is 0 Å². The van der Waals surface area contributed by atoms with Gasteiger partial charge in [0.1, 0.15) is 5.92 Å². The molecule has 0 saturated heterocycles. The van der Waals surface area contributed by atoms with Crippen LogP contribution in [0.1, 0.15) is 36.8 Å². The lowest BCUT2D eigenvalue weighted by molar-refractivity contribution is -0.140. The van der Waals surface area contributed by atoms with E-state index in [9.17, 15) is 9.90 Å². The second kappa shape index (κ2) is 7.54. The molecular formula is C14H19BrO3. The van der Waals surface area contributed by atoms with Gasteiger partial charge in [0, 0.05) is 11.1 Å². The minimum absolute atomic E-state index is 0.234. The van der Waals surface area contributed by atoms with Crippen LogP contribution >= 0.6 is 15.9 Å². The Morgan fingerprint density at radius 2 is 2.22 bits per heavy atom. The number of ether oxygens (including phenoxy) is 1. The molecule has 0 saturated carbocycles. The molecule has 1 atom stereocenters. The summed E-state index contributed by atoms with van der Waals surface area (Å²) < 4.78 is 6.40. The van der Waals surface area contributed by atoms with Crippen LogP contribution in [0.25, 0.3) is 0 Å². The summed E-state index contributed by atoms with van der Waals surface area (Å²) in [5, 5.41) is 9.29. The molecule has 1 N–H and O–H groups in total. The highest BCUT2D eigenvalue weighted by atomic mass is 79.9. The summed E-state index contributed by atoms with van der Waals surface area (Å²) in [7, 11) is 0. The van der Waals surface area contributed by atoms with Gasteiger partial charge in [0.25, 0.3) is 0 Å². The van der Waals surface area contributed by atoms with E-state index in [1.807, 2.05) is 25.1 Å². The fourth-order valence-corrected chi connectivity index (χ4v) is 2.25. The fraction of sp³-hybridized carbons (Fsp3) is 0.500. The number of hydrogen-bond acceptors (Lipinski definition) is 2. The van der Waals surface area contributed by atoms with Crippen molar-refractivity contribution in [1.82, 2.24) is 0 Å². The maximum absolute atomic E-state index is 11.3. The van der Waals surface area contributed by atoms with Crippen molar-refractivity contribution in [1.29, 1.82) is 0 Å². The lowest BCUT2D eigenvalue weighted by atomic mass is 9.96. The quantitative estimate of drug-likeness (QED) is 0.780. The Labute approximate surface area is 116 Å². The summed E-state index contributed by atoms with van der Waals surface area (Å²) in [5.74, 6) is -1.42. The lowest BCUT2D eigenvalue weighted by Crippen LogP contribution is -2.19. The molecule has 0 aliphatic heterocycles. The maximum Gasteiger partial charge on any atom is 0.313 e. The average molecular weight is 315 g/mol. The number of rotatable bonds is 7. The van der Waals surface area contributed by atoms with Crippen LogP contribution in [0.5, 0.6) is 0 Å². The van der Waals surface area contributed by atoms with Crippen LogP contribution in [0, 0.1) is 6.92 Å².